The number of carboxylic acids is 1. The molecule has 0 radical (unpaired) electrons. The Balaban J connectivity index is 1.69. The maximum atomic E-state index is 13.1. The first-order valence-electron chi connectivity index (χ1n) is 13.6. The molecule has 4 rings (SSSR count). The van der Waals surface area contributed by atoms with Crippen LogP contribution in [0.1, 0.15) is 34.6 Å². The van der Waals surface area contributed by atoms with Crippen molar-refractivity contribution in [3.8, 4) is 0 Å². The Morgan fingerprint density at radius 3 is 2.05 bits per heavy atom. The molecule has 0 aliphatic heterocycles. The van der Waals surface area contributed by atoms with Gasteiger partial charge in [-0.15, -0.1) is 0 Å². The molecule has 7 heteroatoms. The molecule has 0 fully saturated rings. The van der Waals surface area contributed by atoms with E-state index in [0.29, 0.717) is 23.5 Å². The van der Waals surface area contributed by atoms with Crippen LogP contribution in [-0.2, 0) is 16.1 Å². The van der Waals surface area contributed by atoms with Gasteiger partial charge in [-0.2, -0.15) is 0 Å². The summed E-state index contributed by atoms with van der Waals surface area (Å²) in [5.41, 5.74) is 4.21. The maximum Gasteiger partial charge on any atom is 0.329 e. The van der Waals surface area contributed by atoms with Gasteiger partial charge in [0.25, 0.3) is 0 Å². The van der Waals surface area contributed by atoms with Gasteiger partial charge < -0.3 is 15.5 Å². The predicted octanol–water partition coefficient (Wildman–Crippen LogP) is 5.21. The molecule has 0 bridgehead atoms. The van der Waals surface area contributed by atoms with Gasteiger partial charge >= 0.3 is 5.97 Å². The summed E-state index contributed by atoms with van der Waals surface area (Å²) < 4.78 is 0. The lowest BCUT2D eigenvalue weighted by atomic mass is 9.88. The minimum atomic E-state index is -1.17. The zero-order chi connectivity index (χ0) is 29.0. The summed E-state index contributed by atoms with van der Waals surface area (Å²) in [5, 5.41) is 23.2. The van der Waals surface area contributed by atoms with Crippen LogP contribution in [0.2, 0.25) is 0 Å². The van der Waals surface area contributed by atoms with Crippen molar-refractivity contribution in [2.45, 2.75) is 24.9 Å². The molecule has 0 heterocycles. The molecule has 41 heavy (non-hydrogen) atoms. The van der Waals surface area contributed by atoms with Crippen molar-refractivity contribution >= 4 is 23.3 Å². The number of aliphatic hydroxyl groups is 1. The Hall–Kier alpha value is -4.59. The Bertz CT molecular complexity index is 1440. The highest BCUT2D eigenvalue weighted by Gasteiger charge is 2.30. The van der Waals surface area contributed by atoms with E-state index in [-0.39, 0.29) is 25.5 Å². The number of hydrogen-bond donors (Lipinski definition) is 3. The number of anilines is 1. The van der Waals surface area contributed by atoms with Crippen LogP contribution < -0.4 is 5.32 Å². The summed E-state index contributed by atoms with van der Waals surface area (Å²) in [6.45, 7) is 0.618. The van der Waals surface area contributed by atoms with Crippen molar-refractivity contribution in [2.24, 2.45) is 4.99 Å². The van der Waals surface area contributed by atoms with Gasteiger partial charge in [0.1, 0.15) is 0 Å². The van der Waals surface area contributed by atoms with E-state index in [0.717, 1.165) is 16.7 Å². The molecular formula is C34H35N3O4. The van der Waals surface area contributed by atoms with E-state index in [2.05, 4.69) is 5.32 Å². The number of para-hydroxylation sites is 1. The van der Waals surface area contributed by atoms with Crippen molar-refractivity contribution in [2.75, 3.05) is 25.5 Å². The van der Waals surface area contributed by atoms with Crippen LogP contribution in [0.25, 0.3) is 0 Å². The number of carboxylic acid groups (broad SMARTS) is 1. The summed E-state index contributed by atoms with van der Waals surface area (Å²) in [4.78, 5) is 32.5. The van der Waals surface area contributed by atoms with Crippen molar-refractivity contribution < 1.29 is 19.8 Å². The van der Waals surface area contributed by atoms with Crippen LogP contribution in [0.15, 0.2) is 120 Å². The van der Waals surface area contributed by atoms with Gasteiger partial charge in [-0.25, -0.2) is 4.79 Å². The van der Waals surface area contributed by atoms with E-state index in [9.17, 15) is 19.8 Å². The number of carbonyl (C=O) groups is 2. The van der Waals surface area contributed by atoms with Crippen LogP contribution in [-0.4, -0.2) is 58.9 Å². The molecule has 0 aliphatic carbocycles. The fourth-order valence-electron chi connectivity index (χ4n) is 4.88. The third-order valence-corrected chi connectivity index (χ3v) is 6.78. The minimum Gasteiger partial charge on any atom is -0.480 e. The van der Waals surface area contributed by atoms with Gasteiger partial charge in [-0.05, 0) is 30.7 Å². The minimum absolute atomic E-state index is 0.172. The first-order chi connectivity index (χ1) is 20.0. The smallest absolute Gasteiger partial charge is 0.329 e. The molecular weight excluding hydrogens is 514 g/mol. The molecule has 4 aromatic carbocycles. The number of benzene rings is 4. The molecule has 0 saturated heterocycles. The Morgan fingerprint density at radius 2 is 1.41 bits per heavy atom. The molecule has 0 spiro atoms. The van der Waals surface area contributed by atoms with E-state index in [4.69, 9.17) is 4.99 Å². The van der Waals surface area contributed by atoms with E-state index < -0.39 is 17.9 Å². The highest BCUT2D eigenvalue weighted by Crippen LogP contribution is 2.29. The number of aliphatic hydroxyl groups excluding tert-OH is 1. The number of carbonyl (C=O) groups excluding carboxylic acids is 1. The Kier molecular flexibility index (Phi) is 10.5. The van der Waals surface area contributed by atoms with E-state index in [1.807, 2.05) is 121 Å². The summed E-state index contributed by atoms with van der Waals surface area (Å²) in [7, 11) is 1.89. The van der Waals surface area contributed by atoms with E-state index in [1.54, 1.807) is 6.07 Å². The summed E-state index contributed by atoms with van der Waals surface area (Å²) in [6.07, 6.45) is 0.235. The van der Waals surface area contributed by atoms with Crippen LogP contribution in [0.5, 0.6) is 0 Å². The molecule has 0 aliphatic rings. The van der Waals surface area contributed by atoms with Crippen LogP contribution in [0.4, 0.5) is 5.69 Å². The molecule has 210 valence electrons. The lowest BCUT2D eigenvalue weighted by Crippen LogP contribution is -2.31. The monoisotopic (exact) mass is 549 g/mol. The second-order valence-electron chi connectivity index (χ2n) is 9.91. The molecule has 0 aromatic heterocycles. The topological polar surface area (TPSA) is 102 Å². The first-order valence-corrected chi connectivity index (χ1v) is 13.6. The molecule has 2 atom stereocenters. The number of nitrogens with one attached hydrogen (secondary N) is 1. The average molecular weight is 550 g/mol. The normalized spacial score (nSPS) is 13.0. The van der Waals surface area contributed by atoms with Gasteiger partial charge in [0.2, 0.25) is 5.91 Å². The van der Waals surface area contributed by atoms with E-state index >= 15 is 0 Å². The second-order valence-corrected chi connectivity index (χ2v) is 9.91. The second kappa shape index (κ2) is 14.7. The lowest BCUT2D eigenvalue weighted by molar-refractivity contribution is -0.139. The molecule has 4 aromatic rings. The van der Waals surface area contributed by atoms with Gasteiger partial charge in [0.05, 0.1) is 17.9 Å². The largest absolute Gasteiger partial charge is 0.480 e. The van der Waals surface area contributed by atoms with Gasteiger partial charge in [0.15, 0.2) is 6.04 Å². The number of likely N-dealkylation sites (N-methyl/N-ethyl adjacent to an activating group) is 1. The standard InChI is InChI=1S/C34H35N3O4/c1-37(23-25-13-5-2-6-14-25)24-31(39)35-30-20-12-11-19-29(30)32(27-17-9-4-10-18-27)36-33(34(40)41)28(21-22-38)26-15-7-3-8-16-26/h2-20,28,33,38H,21-24H2,1H3,(H,35,39)(H,40,41)/t28-,33+/m0/s1. The van der Waals surface area contributed by atoms with Crippen LogP contribution in [0.3, 0.4) is 0 Å². The predicted molar refractivity (Wildman–Crippen MR) is 162 cm³/mol. The number of rotatable bonds is 13. The lowest BCUT2D eigenvalue weighted by Gasteiger charge is -2.23. The summed E-state index contributed by atoms with van der Waals surface area (Å²) >= 11 is 0. The fourth-order valence-corrected chi connectivity index (χ4v) is 4.88. The number of aliphatic carboxylic acids is 1. The number of amides is 1. The van der Waals surface area contributed by atoms with Crippen molar-refractivity contribution in [1.82, 2.24) is 4.90 Å². The molecule has 7 nitrogen and oxygen atoms in total. The average Bonchev–Trinajstić information content (AvgIpc) is 2.98. The van der Waals surface area contributed by atoms with Gasteiger partial charge in [0, 0.05) is 30.2 Å². The van der Waals surface area contributed by atoms with E-state index in [1.165, 1.54) is 0 Å². The van der Waals surface area contributed by atoms with Gasteiger partial charge in [-0.1, -0.05) is 109 Å². The SMILES string of the molecule is CN(CC(=O)Nc1ccccc1C(=N[C@@H](C(=O)O)[C@@H](CCO)c1ccccc1)c1ccccc1)Cc1ccccc1. The Labute approximate surface area is 240 Å². The number of nitrogens with zero attached hydrogens (tertiary/aromatic N) is 2. The van der Waals surface area contributed by atoms with Crippen molar-refractivity contribution in [3.63, 3.8) is 0 Å². The third-order valence-electron chi connectivity index (χ3n) is 6.78. The van der Waals surface area contributed by atoms with Crippen LogP contribution in [0, 0.1) is 0 Å². The first kappa shape index (κ1) is 29.4. The molecule has 0 unspecified atom stereocenters. The molecule has 3 N–H and O–H groups in total. The zero-order valence-corrected chi connectivity index (χ0v) is 23.1. The molecule has 0 saturated carbocycles. The highest BCUT2D eigenvalue weighted by atomic mass is 16.4. The number of aliphatic imine (C=N–C) groups is 1. The Morgan fingerprint density at radius 1 is 0.829 bits per heavy atom. The summed E-state index contributed by atoms with van der Waals surface area (Å²) in [5.74, 6) is -1.84. The molecule has 1 amide bonds. The number of hydrogen-bond acceptors (Lipinski definition) is 5. The third kappa shape index (κ3) is 8.20. The fraction of sp³-hybridized carbons (Fsp3) is 0.206. The zero-order valence-electron chi connectivity index (χ0n) is 23.1. The van der Waals surface area contributed by atoms with Crippen LogP contribution >= 0.6 is 0 Å². The highest BCUT2D eigenvalue weighted by molar-refractivity contribution is 6.17. The maximum absolute atomic E-state index is 13.1. The summed E-state index contributed by atoms with van der Waals surface area (Å²) in [6, 6.07) is 34.7. The van der Waals surface area contributed by atoms with Gasteiger partial charge in [-0.3, -0.25) is 14.7 Å². The van der Waals surface area contributed by atoms with Crippen molar-refractivity contribution in [1.29, 1.82) is 0 Å². The van der Waals surface area contributed by atoms with Crippen molar-refractivity contribution in [3.05, 3.63) is 138 Å². The quantitative estimate of drug-likeness (QED) is 0.199.